The predicted molar refractivity (Wildman–Crippen MR) is 160 cm³/mol. The van der Waals surface area contributed by atoms with E-state index in [1.165, 1.54) is 50.0 Å². The molecule has 2 unspecified atom stereocenters. The van der Waals surface area contributed by atoms with Crippen molar-refractivity contribution in [2.45, 2.75) is 18.9 Å². The van der Waals surface area contributed by atoms with Gasteiger partial charge in [-0.15, -0.1) is 0 Å². The topological polar surface area (TPSA) is 8.17 Å². The molecule has 2 nitrogen and oxygen atoms in total. The Bertz CT molecular complexity index is 1760. The Morgan fingerprint density at radius 1 is 0.605 bits per heavy atom. The van der Waals surface area contributed by atoms with Crippen LogP contribution in [-0.4, -0.2) is 10.6 Å². The average Bonchev–Trinajstić information content (AvgIpc) is 3.51. The van der Waals surface area contributed by atoms with E-state index in [9.17, 15) is 0 Å². The summed E-state index contributed by atoms with van der Waals surface area (Å²) in [6, 6.07) is 35.8. The van der Waals surface area contributed by atoms with Crippen molar-refractivity contribution in [3.63, 3.8) is 0 Å². The van der Waals surface area contributed by atoms with Gasteiger partial charge in [-0.1, -0.05) is 91.0 Å². The number of nitrogens with zero attached hydrogens (tertiary/aromatic N) is 2. The van der Waals surface area contributed by atoms with Crippen LogP contribution in [0.25, 0.3) is 38.6 Å². The molecule has 2 heteroatoms. The lowest BCUT2D eigenvalue weighted by Crippen LogP contribution is -2.32. The van der Waals surface area contributed by atoms with Gasteiger partial charge in [0, 0.05) is 33.8 Å². The Kier molecular flexibility index (Phi) is 4.81. The van der Waals surface area contributed by atoms with E-state index < -0.39 is 0 Å². The second-order valence-corrected chi connectivity index (χ2v) is 10.5. The second kappa shape index (κ2) is 8.49. The van der Waals surface area contributed by atoms with Crippen LogP contribution >= 0.6 is 0 Å². The number of allylic oxidation sites excluding steroid dienone is 4. The summed E-state index contributed by atoms with van der Waals surface area (Å²) in [5, 5.41) is 2.59. The molecule has 2 heterocycles. The van der Waals surface area contributed by atoms with Crippen LogP contribution < -0.4 is 4.90 Å². The monoisotopic (exact) mass is 488 g/mol. The van der Waals surface area contributed by atoms with Crippen LogP contribution in [0.1, 0.15) is 12.8 Å². The van der Waals surface area contributed by atoms with Crippen molar-refractivity contribution in [2.24, 2.45) is 5.92 Å². The molecule has 2 aliphatic carbocycles. The van der Waals surface area contributed by atoms with Gasteiger partial charge in [-0.3, -0.25) is 0 Å². The van der Waals surface area contributed by atoms with Crippen LogP contribution in [-0.2, 0) is 0 Å². The molecule has 1 aromatic heterocycles. The Morgan fingerprint density at radius 2 is 1.21 bits per heavy atom. The lowest BCUT2D eigenvalue weighted by Gasteiger charge is -2.30. The van der Waals surface area contributed by atoms with Crippen LogP contribution in [0.3, 0.4) is 0 Å². The molecule has 0 saturated heterocycles. The van der Waals surface area contributed by atoms with E-state index in [2.05, 4.69) is 143 Å². The molecular weight excluding hydrogens is 460 g/mol. The zero-order chi connectivity index (χ0) is 25.1. The molecule has 0 amide bonds. The van der Waals surface area contributed by atoms with Gasteiger partial charge < -0.3 is 9.47 Å². The van der Waals surface area contributed by atoms with E-state index in [-0.39, 0.29) is 0 Å². The summed E-state index contributed by atoms with van der Waals surface area (Å²) in [4.78, 5) is 2.53. The molecule has 1 aliphatic heterocycles. The van der Waals surface area contributed by atoms with Crippen molar-refractivity contribution in [1.29, 1.82) is 0 Å². The fourth-order valence-electron chi connectivity index (χ4n) is 6.70. The largest absolute Gasteiger partial charge is 0.334 e. The molecule has 5 aromatic rings. The fourth-order valence-corrected chi connectivity index (χ4v) is 6.70. The number of aromatic nitrogens is 1. The zero-order valence-corrected chi connectivity index (χ0v) is 21.2. The fraction of sp³-hybridized carbons (Fsp3) is 0.111. The second-order valence-electron chi connectivity index (χ2n) is 10.5. The van der Waals surface area contributed by atoms with Crippen LogP contribution in [0.4, 0.5) is 5.69 Å². The SMILES string of the molecule is C1=CC2C3=C(C=CCC3)N(c3ccc(-c4ccc(-n5c6ccccc6c6ccccc65)cc4)cc3)C2C=C1. The van der Waals surface area contributed by atoms with Gasteiger partial charge in [-0.2, -0.15) is 0 Å². The number of fused-ring (bicyclic) bond motifs is 5. The van der Waals surface area contributed by atoms with Gasteiger partial charge in [0.25, 0.3) is 0 Å². The molecule has 0 N–H and O–H groups in total. The number of anilines is 1. The summed E-state index contributed by atoms with van der Waals surface area (Å²) >= 11 is 0. The first-order valence-electron chi connectivity index (χ1n) is 13.6. The molecule has 2 atom stereocenters. The summed E-state index contributed by atoms with van der Waals surface area (Å²) < 4.78 is 2.37. The number of hydrogen-bond donors (Lipinski definition) is 0. The van der Waals surface area contributed by atoms with Crippen LogP contribution in [0, 0.1) is 5.92 Å². The van der Waals surface area contributed by atoms with Crippen molar-refractivity contribution in [3.05, 3.63) is 145 Å². The first-order chi connectivity index (χ1) is 18.9. The van der Waals surface area contributed by atoms with Gasteiger partial charge in [-0.05, 0) is 72.0 Å². The predicted octanol–water partition coefficient (Wildman–Crippen LogP) is 8.99. The Morgan fingerprint density at radius 3 is 1.89 bits per heavy atom. The van der Waals surface area contributed by atoms with Crippen molar-refractivity contribution >= 4 is 27.5 Å². The van der Waals surface area contributed by atoms with Gasteiger partial charge in [-0.25, -0.2) is 0 Å². The number of para-hydroxylation sites is 2. The van der Waals surface area contributed by atoms with E-state index in [0.717, 1.165) is 12.8 Å². The van der Waals surface area contributed by atoms with Crippen molar-refractivity contribution < 1.29 is 0 Å². The molecule has 0 spiro atoms. The van der Waals surface area contributed by atoms with Gasteiger partial charge in [0.1, 0.15) is 0 Å². The van der Waals surface area contributed by atoms with Gasteiger partial charge in [0.05, 0.1) is 17.1 Å². The first-order valence-corrected chi connectivity index (χ1v) is 13.6. The minimum absolute atomic E-state index is 0.379. The highest BCUT2D eigenvalue weighted by atomic mass is 15.2. The van der Waals surface area contributed by atoms with Crippen molar-refractivity contribution in [3.8, 4) is 16.8 Å². The van der Waals surface area contributed by atoms with Crippen LogP contribution in [0.2, 0.25) is 0 Å². The van der Waals surface area contributed by atoms with E-state index in [1.807, 2.05) is 0 Å². The smallest absolute Gasteiger partial charge is 0.0626 e. The molecule has 182 valence electrons. The van der Waals surface area contributed by atoms with Gasteiger partial charge in [0.2, 0.25) is 0 Å². The van der Waals surface area contributed by atoms with E-state index >= 15 is 0 Å². The minimum atomic E-state index is 0.379. The number of hydrogen-bond acceptors (Lipinski definition) is 1. The van der Waals surface area contributed by atoms with Gasteiger partial charge in [0.15, 0.2) is 0 Å². The Labute approximate surface area is 223 Å². The summed E-state index contributed by atoms with van der Waals surface area (Å²) in [5.41, 5.74) is 10.4. The van der Waals surface area contributed by atoms with Crippen LogP contribution in [0.5, 0.6) is 0 Å². The molecule has 0 fully saturated rings. The average molecular weight is 489 g/mol. The molecule has 3 aliphatic rings. The summed E-state index contributed by atoms with van der Waals surface area (Å²) in [7, 11) is 0. The Balaban J connectivity index is 1.13. The molecule has 0 radical (unpaired) electrons. The maximum atomic E-state index is 2.53. The lowest BCUT2D eigenvalue weighted by molar-refractivity contribution is 0.658. The number of rotatable bonds is 3. The van der Waals surface area contributed by atoms with E-state index in [1.54, 1.807) is 5.57 Å². The third kappa shape index (κ3) is 3.20. The highest BCUT2D eigenvalue weighted by Crippen LogP contribution is 2.45. The lowest BCUT2D eigenvalue weighted by atomic mass is 9.87. The van der Waals surface area contributed by atoms with Crippen LogP contribution in [0.15, 0.2) is 145 Å². The van der Waals surface area contributed by atoms with Crippen molar-refractivity contribution in [2.75, 3.05) is 4.90 Å². The molecular formula is C36H28N2. The normalized spacial score (nSPS) is 19.9. The first kappa shape index (κ1) is 21.5. The molecule has 0 bridgehead atoms. The molecule has 0 saturated carbocycles. The maximum Gasteiger partial charge on any atom is 0.0626 e. The zero-order valence-electron chi connectivity index (χ0n) is 21.2. The molecule has 8 rings (SSSR count). The third-order valence-corrected chi connectivity index (χ3v) is 8.44. The highest BCUT2D eigenvalue weighted by molar-refractivity contribution is 6.09. The summed E-state index contributed by atoms with van der Waals surface area (Å²) in [5.74, 6) is 0.494. The Hall–Kier alpha value is -4.56. The molecule has 38 heavy (non-hydrogen) atoms. The number of benzene rings is 4. The maximum absolute atomic E-state index is 2.53. The third-order valence-electron chi connectivity index (χ3n) is 8.44. The standard InChI is InChI=1S/C36H28N2/c1-5-13-33-29(9-1)30-10-2-6-14-34(30)37(33)27-21-17-25(18-22-27)26-19-23-28(24-20-26)38-35-15-7-3-11-31(35)32-12-4-8-16-36(32)38/h1-3,5-11,13-24,31,35H,4,12H2. The summed E-state index contributed by atoms with van der Waals surface area (Å²) in [6.07, 6.45) is 16.1. The molecule has 4 aromatic carbocycles. The van der Waals surface area contributed by atoms with E-state index in [4.69, 9.17) is 0 Å². The summed E-state index contributed by atoms with van der Waals surface area (Å²) in [6.45, 7) is 0. The van der Waals surface area contributed by atoms with Gasteiger partial charge >= 0.3 is 0 Å². The van der Waals surface area contributed by atoms with Crippen molar-refractivity contribution in [1.82, 2.24) is 4.57 Å². The van der Waals surface area contributed by atoms with E-state index in [0.29, 0.717) is 12.0 Å². The minimum Gasteiger partial charge on any atom is -0.334 e. The highest BCUT2D eigenvalue weighted by Gasteiger charge is 2.38. The quantitative estimate of drug-likeness (QED) is 0.246.